The largest absolute Gasteiger partial charge is 0.395 e. The highest BCUT2D eigenvalue weighted by atomic mass is 16.3. The molecule has 4 N–H and O–H groups in total. The van der Waals surface area contributed by atoms with Gasteiger partial charge in [0.2, 0.25) is 0 Å². The lowest BCUT2D eigenvalue weighted by Gasteiger charge is -2.20. The van der Waals surface area contributed by atoms with Gasteiger partial charge >= 0.3 is 0 Å². The van der Waals surface area contributed by atoms with Gasteiger partial charge in [-0.15, -0.1) is 0 Å². The highest BCUT2D eigenvalue weighted by molar-refractivity contribution is 6.01. The average molecular weight is 319 g/mol. The molecule has 5 heteroatoms. The molecule has 0 spiro atoms. The van der Waals surface area contributed by atoms with E-state index < -0.39 is 5.60 Å². The van der Waals surface area contributed by atoms with E-state index in [-0.39, 0.29) is 12.5 Å². The van der Waals surface area contributed by atoms with Crippen molar-refractivity contribution in [1.82, 2.24) is 0 Å². The Kier molecular flexibility index (Phi) is 6.91. The number of hydrogen-bond donors (Lipinski definition) is 4. The lowest BCUT2D eigenvalue weighted by atomic mass is 9.88. The van der Waals surface area contributed by atoms with Crippen molar-refractivity contribution < 1.29 is 10.2 Å². The summed E-state index contributed by atoms with van der Waals surface area (Å²) in [4.78, 5) is 4.33. The minimum absolute atomic E-state index is 0.0890. The molecule has 0 aromatic heterocycles. The van der Waals surface area contributed by atoms with E-state index >= 15 is 0 Å². The average Bonchev–Trinajstić information content (AvgIpc) is 2.41. The number of rotatable bonds is 8. The first-order valence-electron chi connectivity index (χ1n) is 7.89. The fourth-order valence-electron chi connectivity index (χ4n) is 2.55. The van der Waals surface area contributed by atoms with E-state index in [1.165, 1.54) is 0 Å². The SMILES string of the molecule is CC(=N)C(C=NCC(C)(C)O)c1c(C)cc(NCCO)cc1C. The van der Waals surface area contributed by atoms with Crippen LogP contribution in [0.5, 0.6) is 0 Å². The van der Waals surface area contributed by atoms with Crippen LogP contribution in [0, 0.1) is 19.3 Å². The Hall–Kier alpha value is -1.72. The number of benzene rings is 1. The standard InChI is InChI=1S/C18H29N3O2/c1-12-8-15(21-6-7-22)9-13(2)17(12)16(14(3)19)10-20-11-18(4,5)23/h8-10,16,19,21-23H,6-7,11H2,1-5H3. The maximum absolute atomic E-state index is 9.77. The van der Waals surface area contributed by atoms with E-state index in [0.717, 1.165) is 22.4 Å². The minimum Gasteiger partial charge on any atom is -0.395 e. The summed E-state index contributed by atoms with van der Waals surface area (Å²) < 4.78 is 0. The van der Waals surface area contributed by atoms with Gasteiger partial charge in [-0.2, -0.15) is 0 Å². The number of aliphatic imine (C=N–C) groups is 1. The zero-order valence-electron chi connectivity index (χ0n) is 14.8. The molecule has 0 saturated carbocycles. The molecule has 1 rings (SSSR count). The lowest BCUT2D eigenvalue weighted by Crippen LogP contribution is -2.23. The van der Waals surface area contributed by atoms with Crippen LogP contribution in [0.25, 0.3) is 0 Å². The number of anilines is 1. The number of nitrogens with zero attached hydrogens (tertiary/aromatic N) is 1. The lowest BCUT2D eigenvalue weighted by molar-refractivity contribution is 0.0905. The molecule has 0 aliphatic rings. The number of aryl methyl sites for hydroxylation is 2. The van der Waals surface area contributed by atoms with E-state index in [4.69, 9.17) is 10.5 Å². The molecule has 0 bridgehead atoms. The van der Waals surface area contributed by atoms with E-state index in [1.807, 2.05) is 26.0 Å². The molecular weight excluding hydrogens is 290 g/mol. The highest BCUT2D eigenvalue weighted by Crippen LogP contribution is 2.27. The van der Waals surface area contributed by atoms with Gasteiger partial charge in [0.05, 0.1) is 24.7 Å². The molecule has 0 heterocycles. The summed E-state index contributed by atoms with van der Waals surface area (Å²) in [5.41, 5.74) is 3.87. The second-order valence-corrected chi connectivity index (χ2v) is 6.64. The molecule has 5 nitrogen and oxygen atoms in total. The first-order chi connectivity index (χ1) is 10.7. The highest BCUT2D eigenvalue weighted by Gasteiger charge is 2.18. The van der Waals surface area contributed by atoms with E-state index in [9.17, 15) is 5.11 Å². The molecule has 128 valence electrons. The molecule has 0 fully saturated rings. The summed E-state index contributed by atoms with van der Waals surface area (Å²) in [7, 11) is 0. The zero-order chi connectivity index (χ0) is 17.6. The third-order valence-corrected chi connectivity index (χ3v) is 3.54. The van der Waals surface area contributed by atoms with Gasteiger partial charge < -0.3 is 20.9 Å². The number of nitrogens with one attached hydrogen (secondary N) is 2. The van der Waals surface area contributed by atoms with Gasteiger partial charge in [0.15, 0.2) is 0 Å². The van der Waals surface area contributed by atoms with Crippen molar-refractivity contribution in [2.45, 2.75) is 46.1 Å². The van der Waals surface area contributed by atoms with Gasteiger partial charge in [-0.25, -0.2) is 0 Å². The summed E-state index contributed by atoms with van der Waals surface area (Å²) in [6.07, 6.45) is 1.76. The number of aliphatic hydroxyl groups is 2. The molecule has 23 heavy (non-hydrogen) atoms. The van der Waals surface area contributed by atoms with E-state index in [2.05, 4.69) is 10.3 Å². The van der Waals surface area contributed by atoms with Gasteiger partial charge in [-0.3, -0.25) is 4.99 Å². The van der Waals surface area contributed by atoms with Crippen LogP contribution < -0.4 is 5.32 Å². The Morgan fingerprint density at radius 2 is 1.91 bits per heavy atom. The molecule has 0 amide bonds. The summed E-state index contributed by atoms with van der Waals surface area (Å²) in [5, 5.41) is 29.9. The van der Waals surface area contributed by atoms with Crippen molar-refractivity contribution in [1.29, 1.82) is 5.41 Å². The van der Waals surface area contributed by atoms with Gasteiger partial charge in [-0.1, -0.05) is 0 Å². The fraction of sp³-hybridized carbons (Fsp3) is 0.556. The predicted octanol–water partition coefficient (Wildman–Crippen LogP) is 2.67. The van der Waals surface area contributed by atoms with Crippen LogP contribution in [0.4, 0.5) is 5.69 Å². The monoisotopic (exact) mass is 319 g/mol. The van der Waals surface area contributed by atoms with Crippen LogP contribution in [0.15, 0.2) is 17.1 Å². The Morgan fingerprint density at radius 1 is 1.35 bits per heavy atom. The first-order valence-corrected chi connectivity index (χ1v) is 7.89. The maximum Gasteiger partial charge on any atom is 0.0785 e. The van der Waals surface area contributed by atoms with Crippen LogP contribution in [-0.4, -0.2) is 47.4 Å². The molecule has 1 unspecified atom stereocenters. The van der Waals surface area contributed by atoms with Crippen molar-refractivity contribution in [2.24, 2.45) is 4.99 Å². The van der Waals surface area contributed by atoms with E-state index in [0.29, 0.717) is 18.8 Å². The Morgan fingerprint density at radius 3 is 2.35 bits per heavy atom. The Balaban J connectivity index is 3.10. The van der Waals surface area contributed by atoms with Crippen LogP contribution in [0.2, 0.25) is 0 Å². The third kappa shape index (κ3) is 6.12. The Bertz CT molecular complexity index is 551. The maximum atomic E-state index is 9.77. The van der Waals surface area contributed by atoms with Crippen LogP contribution >= 0.6 is 0 Å². The molecule has 1 atom stereocenters. The van der Waals surface area contributed by atoms with Crippen molar-refractivity contribution >= 4 is 17.6 Å². The van der Waals surface area contributed by atoms with Gasteiger partial charge in [0.1, 0.15) is 0 Å². The van der Waals surface area contributed by atoms with Crippen LogP contribution in [0.1, 0.15) is 43.4 Å². The number of aliphatic hydroxyl groups excluding tert-OH is 1. The molecule has 0 aliphatic carbocycles. The van der Waals surface area contributed by atoms with Crippen molar-refractivity contribution in [2.75, 3.05) is 25.0 Å². The summed E-state index contributed by atoms with van der Waals surface area (Å²) in [6, 6.07) is 4.05. The predicted molar refractivity (Wildman–Crippen MR) is 97.3 cm³/mol. The number of hydrogen-bond acceptors (Lipinski definition) is 5. The minimum atomic E-state index is -0.848. The summed E-state index contributed by atoms with van der Waals surface area (Å²) in [6.45, 7) is 10.2. The van der Waals surface area contributed by atoms with Gasteiger partial charge in [0, 0.05) is 24.2 Å². The smallest absolute Gasteiger partial charge is 0.0785 e. The van der Waals surface area contributed by atoms with Crippen LogP contribution in [-0.2, 0) is 0 Å². The molecular formula is C18H29N3O2. The van der Waals surface area contributed by atoms with Crippen molar-refractivity contribution in [3.05, 3.63) is 28.8 Å². The second-order valence-electron chi connectivity index (χ2n) is 6.64. The molecule has 0 radical (unpaired) electrons. The zero-order valence-corrected chi connectivity index (χ0v) is 14.8. The first kappa shape index (κ1) is 19.3. The summed E-state index contributed by atoms with van der Waals surface area (Å²) >= 11 is 0. The third-order valence-electron chi connectivity index (χ3n) is 3.54. The summed E-state index contributed by atoms with van der Waals surface area (Å²) in [5.74, 6) is -0.191. The van der Waals surface area contributed by atoms with Crippen LogP contribution in [0.3, 0.4) is 0 Å². The fourth-order valence-corrected chi connectivity index (χ4v) is 2.55. The van der Waals surface area contributed by atoms with Gasteiger partial charge in [0.25, 0.3) is 0 Å². The Labute approximate surface area is 139 Å². The molecule has 1 aromatic carbocycles. The quantitative estimate of drug-likeness (QED) is 0.555. The van der Waals surface area contributed by atoms with Crippen molar-refractivity contribution in [3.63, 3.8) is 0 Å². The normalized spacial score (nSPS) is 13.3. The van der Waals surface area contributed by atoms with E-state index in [1.54, 1.807) is 27.0 Å². The second kappa shape index (κ2) is 8.22. The molecule has 0 saturated heterocycles. The van der Waals surface area contributed by atoms with Gasteiger partial charge in [-0.05, 0) is 63.4 Å². The molecule has 0 aliphatic heterocycles. The van der Waals surface area contributed by atoms with Crippen molar-refractivity contribution in [3.8, 4) is 0 Å². The molecule has 1 aromatic rings. The topological polar surface area (TPSA) is 88.7 Å².